The number of carboxylic acids is 1. The third-order valence-corrected chi connectivity index (χ3v) is 0.841. The van der Waals surface area contributed by atoms with Crippen LogP contribution in [0, 0.1) is 0 Å². The summed E-state index contributed by atoms with van der Waals surface area (Å²) in [5, 5.41) is 16.9. The van der Waals surface area contributed by atoms with Crippen molar-refractivity contribution in [1.82, 2.24) is 9.97 Å². The fourth-order valence-corrected chi connectivity index (χ4v) is 0.459. The van der Waals surface area contributed by atoms with Crippen molar-refractivity contribution in [3.8, 4) is 5.88 Å². The molecule has 0 aliphatic rings. The molecular weight excluding hydrogens is 159 g/mol. The molecular formula is C5H5N2NaO3. The maximum absolute atomic E-state index is 10.1. The van der Waals surface area contributed by atoms with Gasteiger partial charge in [-0.25, -0.2) is 9.78 Å². The Labute approximate surface area is 84.4 Å². The van der Waals surface area contributed by atoms with E-state index in [9.17, 15) is 4.79 Å². The van der Waals surface area contributed by atoms with Crippen molar-refractivity contribution in [1.29, 1.82) is 0 Å². The fraction of sp³-hybridized carbons (Fsp3) is 0. The van der Waals surface area contributed by atoms with E-state index in [4.69, 9.17) is 10.2 Å². The first kappa shape index (κ1) is 10.3. The molecule has 11 heavy (non-hydrogen) atoms. The zero-order valence-corrected chi connectivity index (χ0v) is 4.85. The van der Waals surface area contributed by atoms with Crippen LogP contribution < -0.4 is 0 Å². The molecule has 0 unspecified atom stereocenters. The summed E-state index contributed by atoms with van der Waals surface area (Å²) in [6, 6.07) is 0. The van der Waals surface area contributed by atoms with Crippen LogP contribution in [0.5, 0.6) is 5.88 Å². The molecule has 0 aliphatic carbocycles. The predicted molar refractivity (Wildman–Crippen MR) is 37.8 cm³/mol. The van der Waals surface area contributed by atoms with Crippen molar-refractivity contribution in [3.05, 3.63) is 18.1 Å². The average Bonchev–Trinajstić information content (AvgIpc) is 1.88. The number of carboxylic acid groups (broad SMARTS) is 1. The molecule has 5 nitrogen and oxygen atoms in total. The van der Waals surface area contributed by atoms with Gasteiger partial charge in [0.15, 0.2) is 5.69 Å². The summed E-state index contributed by atoms with van der Waals surface area (Å²) in [5.74, 6) is -1.59. The van der Waals surface area contributed by atoms with Crippen LogP contribution in [0.3, 0.4) is 0 Å². The van der Waals surface area contributed by atoms with E-state index in [1.807, 2.05) is 0 Å². The molecule has 2 N–H and O–H groups in total. The topological polar surface area (TPSA) is 83.3 Å². The van der Waals surface area contributed by atoms with Crippen molar-refractivity contribution >= 4 is 35.5 Å². The van der Waals surface area contributed by atoms with Gasteiger partial charge in [0.1, 0.15) is 0 Å². The summed E-state index contributed by atoms with van der Waals surface area (Å²) in [5.41, 5.74) is -0.264. The first-order valence-electron chi connectivity index (χ1n) is 2.44. The summed E-state index contributed by atoms with van der Waals surface area (Å²) in [4.78, 5) is 16.8. The molecule has 0 fully saturated rings. The molecule has 0 amide bonds. The number of hydrogen-bond donors (Lipinski definition) is 2. The Kier molecular flexibility index (Phi) is 4.02. The first-order valence-corrected chi connectivity index (χ1v) is 2.44. The van der Waals surface area contributed by atoms with Crippen LogP contribution in [0.25, 0.3) is 0 Å². The number of aromatic nitrogens is 2. The fourth-order valence-electron chi connectivity index (χ4n) is 0.459. The van der Waals surface area contributed by atoms with Crippen molar-refractivity contribution in [2.24, 2.45) is 0 Å². The predicted octanol–water partition coefficient (Wildman–Crippen LogP) is -0.768. The molecule has 1 aromatic heterocycles. The minimum atomic E-state index is -1.21. The van der Waals surface area contributed by atoms with Gasteiger partial charge in [0.05, 0.1) is 12.4 Å². The monoisotopic (exact) mass is 164 g/mol. The summed E-state index contributed by atoms with van der Waals surface area (Å²) in [7, 11) is 0. The van der Waals surface area contributed by atoms with Gasteiger partial charge in [0, 0.05) is 0 Å². The zero-order chi connectivity index (χ0) is 7.56. The molecule has 6 heteroatoms. The van der Waals surface area contributed by atoms with Gasteiger partial charge >= 0.3 is 35.5 Å². The number of carbonyl (C=O) groups is 1. The van der Waals surface area contributed by atoms with Crippen molar-refractivity contribution in [2.45, 2.75) is 0 Å². The molecule has 0 spiro atoms. The first-order chi connectivity index (χ1) is 4.70. The van der Waals surface area contributed by atoms with Gasteiger partial charge in [-0.1, -0.05) is 0 Å². The van der Waals surface area contributed by atoms with Crippen LogP contribution in [0.1, 0.15) is 10.5 Å². The van der Waals surface area contributed by atoms with E-state index in [0.717, 1.165) is 12.4 Å². The normalized spacial score (nSPS) is 8.36. The molecule has 1 rings (SSSR count). The van der Waals surface area contributed by atoms with Gasteiger partial charge in [0.25, 0.3) is 0 Å². The molecule has 0 atom stereocenters. The second-order valence-electron chi connectivity index (χ2n) is 1.57. The van der Waals surface area contributed by atoms with E-state index in [0.29, 0.717) is 0 Å². The summed E-state index contributed by atoms with van der Waals surface area (Å²) in [6.07, 6.45) is 2.12. The number of aromatic carboxylic acids is 1. The van der Waals surface area contributed by atoms with Crippen LogP contribution in [0.2, 0.25) is 0 Å². The van der Waals surface area contributed by atoms with E-state index in [1.165, 1.54) is 0 Å². The quantitative estimate of drug-likeness (QED) is 0.532. The molecule has 0 saturated heterocycles. The molecule has 54 valence electrons. The standard InChI is InChI=1S/C5H4N2O3.Na.H/c8-4-2-6-1-3(7-4)5(9)10;;/h1-2H,(H,7,8)(H,9,10);;. The van der Waals surface area contributed by atoms with Crippen LogP contribution >= 0.6 is 0 Å². The van der Waals surface area contributed by atoms with E-state index in [1.54, 1.807) is 0 Å². The zero-order valence-electron chi connectivity index (χ0n) is 4.85. The Bertz CT molecular complexity index is 266. The van der Waals surface area contributed by atoms with Crippen LogP contribution in [0.4, 0.5) is 0 Å². The summed E-state index contributed by atoms with van der Waals surface area (Å²) in [6.45, 7) is 0. The van der Waals surface area contributed by atoms with Gasteiger partial charge < -0.3 is 10.2 Å². The van der Waals surface area contributed by atoms with E-state index >= 15 is 0 Å². The third-order valence-electron chi connectivity index (χ3n) is 0.841. The molecule has 1 heterocycles. The number of aromatic hydroxyl groups is 1. The van der Waals surface area contributed by atoms with Crippen LogP contribution in [-0.2, 0) is 0 Å². The van der Waals surface area contributed by atoms with E-state index in [-0.39, 0.29) is 41.1 Å². The van der Waals surface area contributed by atoms with Crippen molar-refractivity contribution in [2.75, 3.05) is 0 Å². The Morgan fingerprint density at radius 3 is 2.45 bits per heavy atom. The Morgan fingerprint density at radius 2 is 2.09 bits per heavy atom. The number of hydrogen-bond acceptors (Lipinski definition) is 4. The Morgan fingerprint density at radius 1 is 1.45 bits per heavy atom. The van der Waals surface area contributed by atoms with E-state index < -0.39 is 5.97 Å². The molecule has 0 saturated carbocycles. The average molecular weight is 164 g/mol. The maximum atomic E-state index is 10.1. The van der Waals surface area contributed by atoms with Gasteiger partial charge in [0.2, 0.25) is 5.88 Å². The SMILES string of the molecule is O=C(O)c1cncc(O)n1.[NaH]. The second-order valence-corrected chi connectivity index (χ2v) is 1.57. The van der Waals surface area contributed by atoms with Crippen molar-refractivity contribution < 1.29 is 15.0 Å². The van der Waals surface area contributed by atoms with Crippen LogP contribution in [-0.4, -0.2) is 55.7 Å². The Hall–Kier alpha value is -0.650. The van der Waals surface area contributed by atoms with Crippen LogP contribution in [0.15, 0.2) is 12.4 Å². The van der Waals surface area contributed by atoms with Gasteiger partial charge in [-0.05, 0) is 0 Å². The number of nitrogens with zero attached hydrogens (tertiary/aromatic N) is 2. The number of rotatable bonds is 1. The molecule has 0 radical (unpaired) electrons. The second kappa shape index (κ2) is 4.27. The third kappa shape index (κ3) is 2.83. The molecule has 0 aromatic carbocycles. The summed E-state index contributed by atoms with van der Waals surface area (Å²) < 4.78 is 0. The minimum absolute atomic E-state index is 0. The van der Waals surface area contributed by atoms with Crippen molar-refractivity contribution in [3.63, 3.8) is 0 Å². The molecule has 0 bridgehead atoms. The summed E-state index contributed by atoms with van der Waals surface area (Å²) >= 11 is 0. The van der Waals surface area contributed by atoms with Gasteiger partial charge in [-0.15, -0.1) is 0 Å². The van der Waals surface area contributed by atoms with E-state index in [2.05, 4.69) is 9.97 Å². The molecule has 0 aliphatic heterocycles. The van der Waals surface area contributed by atoms with Gasteiger partial charge in [-0.2, -0.15) is 0 Å². The Balaban J connectivity index is 0.000001000. The van der Waals surface area contributed by atoms with Gasteiger partial charge in [-0.3, -0.25) is 4.98 Å². The molecule has 1 aromatic rings.